The van der Waals surface area contributed by atoms with Crippen LogP contribution in [0.15, 0.2) is 72.9 Å². The van der Waals surface area contributed by atoms with Crippen molar-refractivity contribution in [3.63, 3.8) is 0 Å². The minimum atomic E-state index is -0.248. The van der Waals surface area contributed by atoms with E-state index in [1.165, 1.54) is 27.7 Å². The summed E-state index contributed by atoms with van der Waals surface area (Å²) in [6, 6.07) is 21.6. The van der Waals surface area contributed by atoms with Gasteiger partial charge in [-0.1, -0.05) is 66.2 Å². The van der Waals surface area contributed by atoms with Crippen LogP contribution >= 0.6 is 22.9 Å². The summed E-state index contributed by atoms with van der Waals surface area (Å²) in [6.45, 7) is 0. The van der Waals surface area contributed by atoms with E-state index in [0.29, 0.717) is 15.7 Å². The molecule has 3 nitrogen and oxygen atoms in total. The van der Waals surface area contributed by atoms with Crippen molar-refractivity contribution in [2.75, 3.05) is 5.32 Å². The molecule has 26 heavy (non-hydrogen) atoms. The van der Waals surface area contributed by atoms with Gasteiger partial charge < -0.3 is 0 Å². The van der Waals surface area contributed by atoms with Crippen LogP contribution in [-0.2, 0) is 6.42 Å². The molecule has 0 radical (unpaired) electrons. The molecule has 1 amide bonds. The summed E-state index contributed by atoms with van der Waals surface area (Å²) >= 11 is 7.55. The Labute approximate surface area is 160 Å². The lowest BCUT2D eigenvalue weighted by Crippen LogP contribution is -2.11. The van der Waals surface area contributed by atoms with Gasteiger partial charge in [-0.3, -0.25) is 10.1 Å². The fraction of sp³-hybridized carbons (Fsp3) is 0.0476. The topological polar surface area (TPSA) is 42.0 Å². The van der Waals surface area contributed by atoms with Crippen LogP contribution in [0.5, 0.6) is 0 Å². The van der Waals surface area contributed by atoms with Crippen molar-refractivity contribution in [1.82, 2.24) is 4.98 Å². The number of nitrogens with zero attached hydrogens (tertiary/aromatic N) is 1. The Morgan fingerprint density at radius 1 is 1.00 bits per heavy atom. The van der Waals surface area contributed by atoms with Crippen LogP contribution < -0.4 is 5.32 Å². The molecule has 128 valence electrons. The molecular weight excluding hydrogens is 364 g/mol. The van der Waals surface area contributed by atoms with Crippen LogP contribution in [0.4, 0.5) is 5.13 Å². The molecule has 3 aromatic carbocycles. The SMILES string of the molecule is O=C(Nc1ncc(Cc2cccc3ccccc23)s1)c1ccccc1Cl. The molecule has 0 saturated heterocycles. The van der Waals surface area contributed by atoms with Gasteiger partial charge in [-0.25, -0.2) is 4.98 Å². The normalized spacial score (nSPS) is 10.8. The third-order valence-electron chi connectivity index (χ3n) is 4.14. The number of rotatable bonds is 4. The van der Waals surface area contributed by atoms with Gasteiger partial charge in [0.1, 0.15) is 0 Å². The summed E-state index contributed by atoms with van der Waals surface area (Å²) in [6.07, 6.45) is 2.59. The van der Waals surface area contributed by atoms with Gasteiger partial charge in [0.2, 0.25) is 0 Å². The Balaban J connectivity index is 1.53. The van der Waals surface area contributed by atoms with Gasteiger partial charge >= 0.3 is 0 Å². The van der Waals surface area contributed by atoms with Crippen LogP contribution in [0.3, 0.4) is 0 Å². The first-order valence-electron chi connectivity index (χ1n) is 8.18. The number of fused-ring (bicyclic) bond motifs is 1. The minimum Gasteiger partial charge on any atom is -0.298 e. The van der Waals surface area contributed by atoms with Gasteiger partial charge in [0.15, 0.2) is 5.13 Å². The first kappa shape index (κ1) is 16.8. The number of hydrogen-bond acceptors (Lipinski definition) is 3. The molecule has 0 aliphatic heterocycles. The Kier molecular flexibility index (Phi) is 4.69. The van der Waals surface area contributed by atoms with Gasteiger partial charge in [0.05, 0.1) is 10.6 Å². The molecule has 0 saturated carbocycles. The fourth-order valence-corrected chi connectivity index (χ4v) is 3.94. The van der Waals surface area contributed by atoms with Gasteiger partial charge in [0, 0.05) is 17.5 Å². The first-order chi connectivity index (χ1) is 12.7. The molecule has 1 N–H and O–H groups in total. The summed E-state index contributed by atoms with van der Waals surface area (Å²) in [5.41, 5.74) is 1.69. The van der Waals surface area contributed by atoms with E-state index in [1.54, 1.807) is 24.3 Å². The Bertz CT molecular complexity index is 1080. The second-order valence-electron chi connectivity index (χ2n) is 5.88. The number of halogens is 1. The molecule has 0 aliphatic rings. The van der Waals surface area contributed by atoms with E-state index >= 15 is 0 Å². The smallest absolute Gasteiger partial charge is 0.258 e. The average molecular weight is 379 g/mol. The molecule has 1 aromatic heterocycles. The maximum absolute atomic E-state index is 12.3. The highest BCUT2D eigenvalue weighted by molar-refractivity contribution is 7.15. The monoisotopic (exact) mass is 378 g/mol. The molecule has 1 heterocycles. The maximum Gasteiger partial charge on any atom is 0.258 e. The van der Waals surface area contributed by atoms with E-state index in [1.807, 2.05) is 18.3 Å². The molecule has 0 bridgehead atoms. The number of nitrogens with one attached hydrogen (secondary N) is 1. The van der Waals surface area contributed by atoms with Crippen molar-refractivity contribution < 1.29 is 4.79 Å². The quantitative estimate of drug-likeness (QED) is 0.488. The lowest BCUT2D eigenvalue weighted by atomic mass is 10.0. The first-order valence-corrected chi connectivity index (χ1v) is 9.37. The van der Waals surface area contributed by atoms with E-state index in [4.69, 9.17) is 11.6 Å². The average Bonchev–Trinajstić information content (AvgIpc) is 3.09. The predicted molar refractivity (Wildman–Crippen MR) is 108 cm³/mol. The molecule has 0 fully saturated rings. The van der Waals surface area contributed by atoms with Crippen molar-refractivity contribution in [3.8, 4) is 0 Å². The van der Waals surface area contributed by atoms with Gasteiger partial charge in [-0.05, 0) is 28.5 Å². The lowest BCUT2D eigenvalue weighted by Gasteiger charge is -2.05. The molecule has 0 atom stereocenters. The number of carbonyl (C=O) groups is 1. The molecule has 0 unspecified atom stereocenters. The van der Waals surface area contributed by atoms with Crippen LogP contribution in [0.1, 0.15) is 20.8 Å². The number of aromatic nitrogens is 1. The zero-order valence-electron chi connectivity index (χ0n) is 13.8. The van der Waals surface area contributed by atoms with Crippen molar-refractivity contribution in [1.29, 1.82) is 0 Å². The number of thiazole rings is 1. The predicted octanol–water partition coefficient (Wildman–Crippen LogP) is 5.79. The molecule has 5 heteroatoms. The zero-order valence-corrected chi connectivity index (χ0v) is 15.3. The number of hydrogen-bond donors (Lipinski definition) is 1. The van der Waals surface area contributed by atoms with Crippen LogP contribution in [0.2, 0.25) is 5.02 Å². The third-order valence-corrected chi connectivity index (χ3v) is 5.38. The second-order valence-corrected chi connectivity index (χ2v) is 7.40. The van der Waals surface area contributed by atoms with Crippen molar-refractivity contribution in [2.24, 2.45) is 0 Å². The zero-order chi connectivity index (χ0) is 17.9. The summed E-state index contributed by atoms with van der Waals surface area (Å²) in [5.74, 6) is -0.248. The molecule has 4 rings (SSSR count). The van der Waals surface area contributed by atoms with E-state index in [2.05, 4.69) is 40.6 Å². The highest BCUT2D eigenvalue weighted by atomic mass is 35.5. The number of anilines is 1. The molecular formula is C21H15ClN2OS. The molecule has 0 aliphatic carbocycles. The largest absolute Gasteiger partial charge is 0.298 e. The van der Waals surface area contributed by atoms with Crippen molar-refractivity contribution in [2.45, 2.75) is 6.42 Å². The fourth-order valence-electron chi connectivity index (χ4n) is 2.89. The maximum atomic E-state index is 12.3. The Morgan fingerprint density at radius 3 is 2.65 bits per heavy atom. The highest BCUT2D eigenvalue weighted by Gasteiger charge is 2.12. The van der Waals surface area contributed by atoms with Crippen LogP contribution in [0.25, 0.3) is 10.8 Å². The van der Waals surface area contributed by atoms with E-state index < -0.39 is 0 Å². The van der Waals surface area contributed by atoms with Crippen LogP contribution in [0, 0.1) is 0 Å². The summed E-state index contributed by atoms with van der Waals surface area (Å²) in [4.78, 5) is 17.8. The number of benzene rings is 3. The molecule has 0 spiro atoms. The van der Waals surface area contributed by atoms with Gasteiger partial charge in [-0.2, -0.15) is 0 Å². The number of amides is 1. The van der Waals surface area contributed by atoms with E-state index in [0.717, 1.165) is 11.3 Å². The van der Waals surface area contributed by atoms with Crippen molar-refractivity contribution in [3.05, 3.63) is 94.0 Å². The van der Waals surface area contributed by atoms with Gasteiger partial charge in [-0.15, -0.1) is 11.3 Å². The molecule has 4 aromatic rings. The van der Waals surface area contributed by atoms with Gasteiger partial charge in [0.25, 0.3) is 5.91 Å². The van der Waals surface area contributed by atoms with Crippen molar-refractivity contribution >= 4 is 44.7 Å². The highest BCUT2D eigenvalue weighted by Crippen LogP contribution is 2.26. The number of carbonyl (C=O) groups excluding carboxylic acids is 1. The third kappa shape index (κ3) is 3.47. The lowest BCUT2D eigenvalue weighted by molar-refractivity contribution is 0.102. The standard InChI is InChI=1S/C21H15ClN2OS/c22-19-11-4-3-10-18(19)20(25)24-21-23-13-16(26-21)12-15-8-5-7-14-6-1-2-9-17(14)15/h1-11,13H,12H2,(H,23,24,25). The minimum absolute atomic E-state index is 0.248. The van der Waals surface area contributed by atoms with E-state index in [-0.39, 0.29) is 5.91 Å². The van der Waals surface area contributed by atoms with Crippen LogP contribution in [-0.4, -0.2) is 10.9 Å². The summed E-state index contributed by atoms with van der Waals surface area (Å²) in [5, 5.41) is 6.29. The summed E-state index contributed by atoms with van der Waals surface area (Å²) in [7, 11) is 0. The Morgan fingerprint density at radius 2 is 1.77 bits per heavy atom. The second kappa shape index (κ2) is 7.28. The van der Waals surface area contributed by atoms with E-state index in [9.17, 15) is 4.79 Å². The Hall–Kier alpha value is -2.69. The summed E-state index contributed by atoms with van der Waals surface area (Å²) < 4.78 is 0.